The lowest BCUT2D eigenvalue weighted by Crippen LogP contribution is -1.93. The highest BCUT2D eigenvalue weighted by molar-refractivity contribution is 5.38. The van der Waals surface area contributed by atoms with Crippen LogP contribution in [0.3, 0.4) is 0 Å². The molecule has 0 aliphatic carbocycles. The van der Waals surface area contributed by atoms with E-state index in [2.05, 4.69) is 5.28 Å². The van der Waals surface area contributed by atoms with E-state index in [0.29, 0.717) is 5.56 Å². The van der Waals surface area contributed by atoms with Crippen LogP contribution >= 0.6 is 0 Å². The lowest BCUT2D eigenvalue weighted by molar-refractivity contribution is -0.474. The summed E-state index contributed by atoms with van der Waals surface area (Å²) in [7, 11) is 0. The van der Waals surface area contributed by atoms with Gasteiger partial charge in [0.2, 0.25) is 5.28 Å². The second-order valence-electron chi connectivity index (χ2n) is 2.29. The van der Waals surface area contributed by atoms with E-state index in [1.807, 2.05) is 0 Å². The Morgan fingerprint density at radius 1 is 1.58 bits per heavy atom. The van der Waals surface area contributed by atoms with Gasteiger partial charge < -0.3 is 10.4 Å². The molecule has 0 amide bonds. The average molecular weight is 170 g/mol. The fourth-order valence-corrected chi connectivity index (χ4v) is 0.882. The molecule has 0 spiro atoms. The third-order valence-corrected chi connectivity index (χ3v) is 1.45. The monoisotopic (exact) mass is 170 g/mol. The second kappa shape index (κ2) is 3.17. The van der Waals surface area contributed by atoms with Crippen LogP contribution in [0.4, 0.5) is 10.1 Å². The van der Waals surface area contributed by atoms with Crippen LogP contribution in [0, 0.1) is 17.9 Å². The number of nitrogens with zero attached hydrogens (tertiary/aromatic N) is 2. The molecule has 0 saturated heterocycles. The molecular formula is C7H7FN2O2. The van der Waals surface area contributed by atoms with Crippen LogP contribution in [-0.2, 0) is 0 Å². The zero-order chi connectivity index (χ0) is 9.14. The van der Waals surface area contributed by atoms with Crippen LogP contribution in [0.15, 0.2) is 23.5 Å². The zero-order valence-electron chi connectivity index (χ0n) is 6.36. The van der Waals surface area contributed by atoms with Crippen molar-refractivity contribution in [2.45, 2.75) is 6.92 Å². The van der Waals surface area contributed by atoms with Gasteiger partial charge in [-0.1, -0.05) is 0 Å². The molecule has 5 heteroatoms. The summed E-state index contributed by atoms with van der Waals surface area (Å²) in [5.74, 6) is -0.428. The van der Waals surface area contributed by atoms with Gasteiger partial charge in [-0.2, -0.15) is 0 Å². The predicted octanol–water partition coefficient (Wildman–Crippen LogP) is 2.12. The Labute approximate surface area is 68.1 Å². The lowest BCUT2D eigenvalue weighted by Gasteiger charge is -1.99. The van der Waals surface area contributed by atoms with Gasteiger partial charge in [-0.3, -0.25) is 0 Å². The van der Waals surface area contributed by atoms with Crippen molar-refractivity contribution in [2.24, 2.45) is 5.28 Å². The predicted molar refractivity (Wildman–Crippen MR) is 38.6 cm³/mol. The summed E-state index contributed by atoms with van der Waals surface area (Å²) in [5.41, 5.74) is 0.543. The van der Waals surface area contributed by atoms with Crippen LogP contribution in [0.1, 0.15) is 5.56 Å². The fourth-order valence-electron chi connectivity index (χ4n) is 0.882. The molecule has 0 unspecified atom stereocenters. The summed E-state index contributed by atoms with van der Waals surface area (Å²) in [5, 5.41) is 21.3. The van der Waals surface area contributed by atoms with Gasteiger partial charge in [-0.15, -0.1) is 0 Å². The molecule has 64 valence electrons. The molecule has 0 bridgehead atoms. The van der Waals surface area contributed by atoms with Crippen molar-refractivity contribution in [3.8, 4) is 0 Å². The van der Waals surface area contributed by atoms with Gasteiger partial charge in [0.05, 0.1) is 0 Å². The molecular weight excluding hydrogens is 163 g/mol. The SMILES string of the molecule is Cc1cc(F)ccc1[N+]([O-])=NO. The van der Waals surface area contributed by atoms with Gasteiger partial charge in [0.15, 0.2) is 0 Å². The topological polar surface area (TPSA) is 58.7 Å². The maximum Gasteiger partial charge on any atom is 0.251 e. The van der Waals surface area contributed by atoms with Gasteiger partial charge >= 0.3 is 0 Å². The lowest BCUT2D eigenvalue weighted by atomic mass is 10.2. The molecule has 0 radical (unpaired) electrons. The maximum atomic E-state index is 12.5. The van der Waals surface area contributed by atoms with E-state index >= 15 is 0 Å². The summed E-state index contributed by atoms with van der Waals surface area (Å²) >= 11 is 0. The average Bonchev–Trinajstić information content (AvgIpc) is 2.03. The molecule has 1 rings (SSSR count). The Morgan fingerprint density at radius 2 is 2.25 bits per heavy atom. The Morgan fingerprint density at radius 3 is 2.75 bits per heavy atom. The van der Waals surface area contributed by atoms with Crippen molar-refractivity contribution in [1.29, 1.82) is 0 Å². The van der Waals surface area contributed by atoms with Crippen LogP contribution in [-0.4, -0.2) is 10.1 Å². The summed E-state index contributed by atoms with van der Waals surface area (Å²) in [4.78, 5) is 0.0226. The number of hydrogen-bond acceptors (Lipinski definition) is 2. The van der Waals surface area contributed by atoms with E-state index in [9.17, 15) is 9.60 Å². The minimum absolute atomic E-state index is 0.0226. The van der Waals surface area contributed by atoms with Crippen molar-refractivity contribution < 1.29 is 14.5 Å². The number of rotatable bonds is 1. The normalized spacial score (nSPS) is 11.7. The first kappa shape index (κ1) is 8.45. The molecule has 0 atom stereocenters. The summed E-state index contributed by atoms with van der Waals surface area (Å²) in [6, 6.07) is 3.56. The molecule has 0 aliphatic rings. The molecule has 0 aliphatic heterocycles. The van der Waals surface area contributed by atoms with E-state index in [1.54, 1.807) is 6.92 Å². The summed E-state index contributed by atoms with van der Waals surface area (Å²) < 4.78 is 12.5. The fraction of sp³-hybridized carbons (Fsp3) is 0.143. The van der Waals surface area contributed by atoms with Gasteiger partial charge in [0, 0.05) is 11.6 Å². The highest BCUT2D eigenvalue weighted by Gasteiger charge is 2.08. The largest absolute Gasteiger partial charge is 0.592 e. The maximum absolute atomic E-state index is 12.5. The van der Waals surface area contributed by atoms with Crippen LogP contribution in [0.25, 0.3) is 0 Å². The molecule has 1 aromatic carbocycles. The number of aryl methyl sites for hydroxylation is 1. The molecule has 1 aromatic rings. The highest BCUT2D eigenvalue weighted by atomic mass is 19.1. The van der Waals surface area contributed by atoms with Gasteiger partial charge in [0.1, 0.15) is 5.82 Å². The molecule has 1 N–H and O–H groups in total. The summed E-state index contributed by atoms with van der Waals surface area (Å²) in [6.45, 7) is 1.55. The van der Waals surface area contributed by atoms with Gasteiger partial charge in [0.25, 0.3) is 5.69 Å². The smallest absolute Gasteiger partial charge is 0.251 e. The molecule has 0 fully saturated rings. The minimum atomic E-state index is -0.428. The second-order valence-corrected chi connectivity index (χ2v) is 2.29. The molecule has 0 saturated carbocycles. The Balaban J connectivity index is 3.18. The van der Waals surface area contributed by atoms with E-state index in [-0.39, 0.29) is 10.5 Å². The number of hydrogen-bond donors (Lipinski definition) is 1. The van der Waals surface area contributed by atoms with Crippen LogP contribution in [0.5, 0.6) is 0 Å². The number of benzene rings is 1. The minimum Gasteiger partial charge on any atom is -0.592 e. The van der Waals surface area contributed by atoms with Gasteiger partial charge in [-0.25, -0.2) is 4.39 Å². The first-order chi connectivity index (χ1) is 5.65. The van der Waals surface area contributed by atoms with Crippen molar-refractivity contribution >= 4 is 5.69 Å². The Kier molecular flexibility index (Phi) is 2.23. The summed E-state index contributed by atoms with van der Waals surface area (Å²) in [6.07, 6.45) is 0. The van der Waals surface area contributed by atoms with Crippen LogP contribution < -0.4 is 0 Å². The quantitative estimate of drug-likeness (QED) is 0.398. The third kappa shape index (κ3) is 1.50. The van der Waals surface area contributed by atoms with Crippen molar-refractivity contribution in [3.05, 3.63) is 34.8 Å². The highest BCUT2D eigenvalue weighted by Crippen LogP contribution is 2.18. The number of halogens is 1. The third-order valence-electron chi connectivity index (χ3n) is 1.45. The van der Waals surface area contributed by atoms with E-state index < -0.39 is 5.82 Å². The Hall–Kier alpha value is -1.65. The molecule has 0 heterocycles. The molecule has 12 heavy (non-hydrogen) atoms. The van der Waals surface area contributed by atoms with Gasteiger partial charge in [-0.05, 0) is 23.9 Å². The zero-order valence-corrected chi connectivity index (χ0v) is 6.36. The van der Waals surface area contributed by atoms with Crippen molar-refractivity contribution in [1.82, 2.24) is 0 Å². The first-order valence-electron chi connectivity index (χ1n) is 3.23. The van der Waals surface area contributed by atoms with E-state index in [0.717, 1.165) is 6.07 Å². The van der Waals surface area contributed by atoms with Crippen molar-refractivity contribution in [2.75, 3.05) is 0 Å². The molecule has 0 aromatic heterocycles. The van der Waals surface area contributed by atoms with E-state index in [1.165, 1.54) is 12.1 Å². The van der Waals surface area contributed by atoms with Crippen molar-refractivity contribution in [3.63, 3.8) is 0 Å². The molecule has 4 nitrogen and oxygen atoms in total. The first-order valence-corrected chi connectivity index (χ1v) is 3.23. The van der Waals surface area contributed by atoms with Crippen LogP contribution in [0.2, 0.25) is 0 Å². The van der Waals surface area contributed by atoms with E-state index in [4.69, 9.17) is 5.21 Å². The Bertz CT molecular complexity index is 325. The standard InChI is InChI=1S/C7H7FN2O2/c1-5-4-6(8)2-3-7(5)10(12)9-11/h2-4,11H,1H3.